The summed E-state index contributed by atoms with van der Waals surface area (Å²) in [5.74, 6) is 1.67. The number of nitrogens with two attached hydrogens (primary N) is 1. The van der Waals surface area contributed by atoms with Gasteiger partial charge in [0.05, 0.1) is 6.61 Å². The Morgan fingerprint density at radius 3 is 2.65 bits per heavy atom. The Kier molecular flexibility index (Phi) is 6.18. The summed E-state index contributed by atoms with van der Waals surface area (Å²) >= 11 is 6.31. The van der Waals surface area contributed by atoms with Gasteiger partial charge < -0.3 is 10.5 Å². The number of hydrogen-bond donors (Lipinski definition) is 1. The summed E-state index contributed by atoms with van der Waals surface area (Å²) in [6.07, 6.45) is 8.36. The summed E-state index contributed by atoms with van der Waals surface area (Å²) in [4.78, 5) is 0. The second-order valence-electron chi connectivity index (χ2n) is 5.71. The Labute approximate surface area is 127 Å². The van der Waals surface area contributed by atoms with Gasteiger partial charge in [0, 0.05) is 5.02 Å². The lowest BCUT2D eigenvalue weighted by molar-refractivity contribution is 0.304. The highest BCUT2D eigenvalue weighted by Crippen LogP contribution is 2.41. The zero-order valence-electron chi connectivity index (χ0n) is 12.5. The summed E-state index contributed by atoms with van der Waals surface area (Å²) in [5.41, 5.74) is 8.23. The molecular formula is C17H26ClNO. The minimum Gasteiger partial charge on any atom is -0.493 e. The van der Waals surface area contributed by atoms with Crippen molar-refractivity contribution in [2.75, 3.05) is 13.2 Å². The molecule has 1 aliphatic rings. The van der Waals surface area contributed by atoms with Gasteiger partial charge in [-0.3, -0.25) is 0 Å². The van der Waals surface area contributed by atoms with Crippen LogP contribution >= 0.6 is 11.6 Å². The lowest BCUT2D eigenvalue weighted by Crippen LogP contribution is -2.11. The molecule has 0 spiro atoms. The van der Waals surface area contributed by atoms with E-state index in [1.807, 2.05) is 6.07 Å². The van der Waals surface area contributed by atoms with Crippen LogP contribution in [-0.2, 0) is 6.42 Å². The maximum atomic E-state index is 6.31. The molecule has 3 heteroatoms. The number of ether oxygens (including phenoxy) is 1. The molecule has 0 saturated heterocycles. The first-order valence-corrected chi connectivity index (χ1v) is 8.29. The maximum Gasteiger partial charge on any atom is 0.126 e. The quantitative estimate of drug-likeness (QED) is 0.827. The zero-order valence-corrected chi connectivity index (χ0v) is 13.2. The highest BCUT2D eigenvalue weighted by atomic mass is 35.5. The first-order valence-electron chi connectivity index (χ1n) is 7.91. The molecule has 0 amide bonds. The molecule has 112 valence electrons. The molecule has 2 N–H and O–H groups in total. The Bertz CT molecular complexity index is 427. The van der Waals surface area contributed by atoms with E-state index in [0.717, 1.165) is 30.2 Å². The summed E-state index contributed by atoms with van der Waals surface area (Å²) in [5, 5.41) is 0.817. The maximum absolute atomic E-state index is 6.31. The van der Waals surface area contributed by atoms with Crippen molar-refractivity contribution in [2.24, 2.45) is 5.73 Å². The summed E-state index contributed by atoms with van der Waals surface area (Å²) in [6, 6.07) is 4.13. The van der Waals surface area contributed by atoms with E-state index in [4.69, 9.17) is 22.1 Å². The van der Waals surface area contributed by atoms with Gasteiger partial charge in [-0.15, -0.1) is 0 Å². The average Bonchev–Trinajstić information content (AvgIpc) is 2.47. The third-order valence-electron chi connectivity index (χ3n) is 4.07. The highest BCUT2D eigenvalue weighted by molar-refractivity contribution is 6.30. The molecule has 20 heavy (non-hydrogen) atoms. The Morgan fingerprint density at radius 2 is 2.00 bits per heavy atom. The van der Waals surface area contributed by atoms with Crippen molar-refractivity contribution in [3.8, 4) is 5.75 Å². The number of rotatable bonds is 6. The second kappa shape index (κ2) is 7.90. The molecule has 2 nitrogen and oxygen atoms in total. The molecule has 0 radical (unpaired) electrons. The van der Waals surface area contributed by atoms with Gasteiger partial charge in [0.25, 0.3) is 0 Å². The van der Waals surface area contributed by atoms with Crippen LogP contribution in [0.1, 0.15) is 62.5 Å². The van der Waals surface area contributed by atoms with E-state index >= 15 is 0 Å². The van der Waals surface area contributed by atoms with Crippen LogP contribution in [-0.4, -0.2) is 13.2 Å². The molecule has 0 aliphatic heterocycles. The molecule has 1 aromatic carbocycles. The lowest BCUT2D eigenvalue weighted by atomic mass is 9.83. The fraction of sp³-hybridized carbons (Fsp3) is 0.647. The fourth-order valence-electron chi connectivity index (χ4n) is 3.11. The smallest absolute Gasteiger partial charge is 0.126 e. The van der Waals surface area contributed by atoms with Crippen molar-refractivity contribution in [2.45, 2.75) is 57.8 Å². The van der Waals surface area contributed by atoms with E-state index < -0.39 is 0 Å². The highest BCUT2D eigenvalue weighted by Gasteiger charge is 2.22. The van der Waals surface area contributed by atoms with Crippen LogP contribution in [0.2, 0.25) is 5.02 Å². The normalized spacial score (nSPS) is 16.4. The van der Waals surface area contributed by atoms with E-state index in [-0.39, 0.29) is 0 Å². The Hall–Kier alpha value is -0.730. The molecule has 1 aliphatic carbocycles. The Balaban J connectivity index is 2.34. The average molecular weight is 296 g/mol. The number of benzene rings is 1. The van der Waals surface area contributed by atoms with Gasteiger partial charge in [-0.1, -0.05) is 37.8 Å². The van der Waals surface area contributed by atoms with Crippen LogP contribution < -0.4 is 10.5 Å². The van der Waals surface area contributed by atoms with Crippen molar-refractivity contribution in [3.63, 3.8) is 0 Å². The molecule has 2 rings (SSSR count). The lowest BCUT2D eigenvalue weighted by Gasteiger charge is -2.26. The van der Waals surface area contributed by atoms with Crippen LogP contribution in [0.4, 0.5) is 0 Å². The number of halogens is 1. The van der Waals surface area contributed by atoms with Crippen molar-refractivity contribution in [1.82, 2.24) is 0 Å². The fourth-order valence-corrected chi connectivity index (χ4v) is 3.36. The van der Waals surface area contributed by atoms with Gasteiger partial charge in [0.1, 0.15) is 5.75 Å². The van der Waals surface area contributed by atoms with Crippen LogP contribution in [0.5, 0.6) is 5.75 Å². The molecule has 1 aromatic rings. The van der Waals surface area contributed by atoms with Gasteiger partial charge in [-0.25, -0.2) is 0 Å². The third kappa shape index (κ3) is 3.89. The van der Waals surface area contributed by atoms with Crippen LogP contribution in [0, 0.1) is 0 Å². The first-order chi connectivity index (χ1) is 9.76. The SMILES string of the molecule is CCCOc1c(CCN)cc(Cl)cc1C1CCCCC1. The van der Waals surface area contributed by atoms with Crippen LogP contribution in [0.25, 0.3) is 0 Å². The summed E-state index contributed by atoms with van der Waals surface area (Å²) in [6.45, 7) is 3.53. The molecule has 0 aromatic heterocycles. The predicted octanol–water partition coefficient (Wildman–Crippen LogP) is 4.68. The molecule has 1 fully saturated rings. The van der Waals surface area contributed by atoms with E-state index in [2.05, 4.69) is 13.0 Å². The van der Waals surface area contributed by atoms with Gasteiger partial charge in [0.15, 0.2) is 0 Å². The van der Waals surface area contributed by atoms with Gasteiger partial charge in [-0.05, 0) is 61.4 Å². The minimum atomic E-state index is 0.603. The molecule has 0 heterocycles. The molecule has 1 saturated carbocycles. The third-order valence-corrected chi connectivity index (χ3v) is 4.29. The summed E-state index contributed by atoms with van der Waals surface area (Å²) < 4.78 is 6.06. The van der Waals surface area contributed by atoms with E-state index in [1.54, 1.807) is 0 Å². The standard InChI is InChI=1S/C17H26ClNO/c1-2-10-20-17-14(8-9-19)11-15(18)12-16(17)13-6-4-3-5-7-13/h11-13H,2-10,19H2,1H3. The monoisotopic (exact) mass is 295 g/mol. The van der Waals surface area contributed by atoms with Crippen molar-refractivity contribution in [3.05, 3.63) is 28.3 Å². The Morgan fingerprint density at radius 1 is 1.25 bits per heavy atom. The minimum absolute atomic E-state index is 0.603. The first kappa shape index (κ1) is 15.7. The molecular weight excluding hydrogens is 270 g/mol. The van der Waals surface area contributed by atoms with E-state index in [0.29, 0.717) is 12.5 Å². The van der Waals surface area contributed by atoms with Crippen LogP contribution in [0.3, 0.4) is 0 Å². The molecule has 0 bridgehead atoms. The van der Waals surface area contributed by atoms with E-state index in [1.165, 1.54) is 43.2 Å². The van der Waals surface area contributed by atoms with E-state index in [9.17, 15) is 0 Å². The predicted molar refractivity (Wildman–Crippen MR) is 85.8 cm³/mol. The summed E-state index contributed by atoms with van der Waals surface area (Å²) in [7, 11) is 0. The van der Waals surface area contributed by atoms with Crippen molar-refractivity contribution >= 4 is 11.6 Å². The number of hydrogen-bond acceptors (Lipinski definition) is 2. The second-order valence-corrected chi connectivity index (χ2v) is 6.14. The van der Waals surface area contributed by atoms with Gasteiger partial charge in [0.2, 0.25) is 0 Å². The van der Waals surface area contributed by atoms with Crippen LogP contribution in [0.15, 0.2) is 12.1 Å². The van der Waals surface area contributed by atoms with Gasteiger partial charge >= 0.3 is 0 Å². The van der Waals surface area contributed by atoms with Gasteiger partial charge in [-0.2, -0.15) is 0 Å². The van der Waals surface area contributed by atoms with Crippen molar-refractivity contribution in [1.29, 1.82) is 0 Å². The van der Waals surface area contributed by atoms with Crippen molar-refractivity contribution < 1.29 is 4.74 Å². The molecule has 0 unspecified atom stereocenters. The zero-order chi connectivity index (χ0) is 14.4. The topological polar surface area (TPSA) is 35.2 Å². The molecule has 0 atom stereocenters. The largest absolute Gasteiger partial charge is 0.493 e.